The molecule has 41 heavy (non-hydrogen) atoms. The van der Waals surface area contributed by atoms with E-state index in [2.05, 4.69) is 13.8 Å². The fraction of sp³-hybridized carbons (Fsp3) is 1.00. The van der Waals surface area contributed by atoms with E-state index in [1.165, 1.54) is 38.5 Å². The lowest BCUT2D eigenvalue weighted by Crippen LogP contribution is -2.45. The predicted molar refractivity (Wildman–Crippen MR) is 162 cm³/mol. The molecule has 0 aromatic heterocycles. The molecule has 4 saturated carbocycles. The molecule has 0 amide bonds. The Labute approximate surface area is 249 Å². The van der Waals surface area contributed by atoms with E-state index in [0.29, 0.717) is 30.8 Å². The second kappa shape index (κ2) is 17.2. The molecule has 5 heteroatoms. The minimum Gasteiger partial charge on any atom is -0.375 e. The molecule has 8 unspecified atom stereocenters. The third-order valence-electron chi connectivity index (χ3n) is 12.1. The topological polar surface area (TPSA) is 9.23 Å². The van der Waals surface area contributed by atoms with Crippen molar-refractivity contribution < 1.29 is 22.3 Å². The number of hydrogen-bond donors (Lipinski definition) is 0. The zero-order valence-corrected chi connectivity index (χ0v) is 26.4. The van der Waals surface area contributed by atoms with Crippen LogP contribution in [0.25, 0.3) is 0 Å². The molecule has 0 saturated heterocycles. The Hall–Kier alpha value is -0.320. The molecule has 0 spiro atoms. The first kappa shape index (κ1) is 33.6. The lowest BCUT2D eigenvalue weighted by Gasteiger charge is -2.44. The highest BCUT2D eigenvalue weighted by atomic mass is 19.2. The first-order valence-corrected chi connectivity index (χ1v) is 18.1. The summed E-state index contributed by atoms with van der Waals surface area (Å²) >= 11 is 0. The molecule has 1 nitrogen and oxygen atoms in total. The Morgan fingerprint density at radius 2 is 1.02 bits per heavy atom. The number of alkyl halides is 4. The lowest BCUT2D eigenvalue weighted by molar-refractivity contribution is -0.0763. The Morgan fingerprint density at radius 3 is 1.56 bits per heavy atom. The molecule has 0 aromatic rings. The van der Waals surface area contributed by atoms with Gasteiger partial charge >= 0.3 is 0 Å². The van der Waals surface area contributed by atoms with Crippen LogP contribution >= 0.6 is 0 Å². The molecule has 0 bridgehead atoms. The first-order valence-electron chi connectivity index (χ1n) is 18.1. The Morgan fingerprint density at radius 1 is 0.488 bits per heavy atom. The summed E-state index contributed by atoms with van der Waals surface area (Å²) in [4.78, 5) is 0. The highest BCUT2D eigenvalue weighted by molar-refractivity contribution is 4.95. The van der Waals surface area contributed by atoms with Crippen molar-refractivity contribution in [2.24, 2.45) is 41.4 Å². The van der Waals surface area contributed by atoms with Crippen LogP contribution in [0.1, 0.15) is 149 Å². The summed E-state index contributed by atoms with van der Waals surface area (Å²) in [7, 11) is 0. The van der Waals surface area contributed by atoms with E-state index in [0.717, 1.165) is 95.8 Å². The second-order valence-electron chi connectivity index (χ2n) is 14.8. The van der Waals surface area contributed by atoms with Crippen LogP contribution in [0.4, 0.5) is 17.6 Å². The van der Waals surface area contributed by atoms with Gasteiger partial charge in [-0.3, -0.25) is 0 Å². The maximum Gasteiger partial charge on any atom is 0.157 e. The normalized spacial score (nSPS) is 42.3. The second-order valence-corrected chi connectivity index (χ2v) is 14.8. The highest BCUT2D eigenvalue weighted by Crippen LogP contribution is 2.49. The van der Waals surface area contributed by atoms with Crippen molar-refractivity contribution in [1.29, 1.82) is 0 Å². The van der Waals surface area contributed by atoms with Crippen molar-refractivity contribution in [1.82, 2.24) is 0 Å². The minimum absolute atomic E-state index is 0.0598. The van der Waals surface area contributed by atoms with Gasteiger partial charge in [-0.1, -0.05) is 84.5 Å². The third kappa shape index (κ3) is 9.34. The molecule has 4 aliphatic carbocycles. The Kier molecular flexibility index (Phi) is 14.1. The van der Waals surface area contributed by atoms with Gasteiger partial charge in [-0.2, -0.15) is 0 Å². The summed E-state index contributed by atoms with van der Waals surface area (Å²) in [6.45, 7) is 4.85. The molecule has 4 rings (SSSR count). The van der Waals surface area contributed by atoms with Crippen LogP contribution in [0.3, 0.4) is 0 Å². The van der Waals surface area contributed by atoms with Gasteiger partial charge in [0.2, 0.25) is 0 Å². The van der Waals surface area contributed by atoms with E-state index in [1.54, 1.807) is 0 Å². The number of halogens is 4. The zero-order chi connectivity index (χ0) is 29.2. The fourth-order valence-corrected chi connectivity index (χ4v) is 9.35. The van der Waals surface area contributed by atoms with Crippen LogP contribution < -0.4 is 0 Å². The van der Waals surface area contributed by atoms with E-state index >= 15 is 8.78 Å². The van der Waals surface area contributed by atoms with Crippen LogP contribution in [-0.2, 0) is 4.74 Å². The fourth-order valence-electron chi connectivity index (χ4n) is 9.35. The summed E-state index contributed by atoms with van der Waals surface area (Å²) in [6, 6.07) is 0. The SMILES string of the molecule is CCCCCC1CCC(C2CCC(C3CCC(CCCC4CCC(OCCCC)C(F)C4F)CC3)C(F)C2F)CC1. The monoisotopic (exact) mass is 586 g/mol. The Balaban J connectivity index is 1.12. The predicted octanol–water partition coefficient (Wildman–Crippen LogP) is 11.3. The van der Waals surface area contributed by atoms with Crippen LogP contribution in [0.5, 0.6) is 0 Å². The van der Waals surface area contributed by atoms with Gasteiger partial charge in [0.1, 0.15) is 18.5 Å². The quantitative estimate of drug-likeness (QED) is 0.145. The van der Waals surface area contributed by atoms with Gasteiger partial charge in [0, 0.05) is 6.61 Å². The van der Waals surface area contributed by atoms with E-state index in [-0.39, 0.29) is 17.8 Å². The van der Waals surface area contributed by atoms with Crippen LogP contribution in [0.15, 0.2) is 0 Å². The molecular formula is C36H62F4O. The van der Waals surface area contributed by atoms with Crippen molar-refractivity contribution in [3.05, 3.63) is 0 Å². The van der Waals surface area contributed by atoms with Gasteiger partial charge < -0.3 is 4.74 Å². The van der Waals surface area contributed by atoms with Gasteiger partial charge in [-0.05, 0) is 106 Å². The van der Waals surface area contributed by atoms with Crippen molar-refractivity contribution in [2.75, 3.05) is 6.61 Å². The molecule has 8 atom stereocenters. The Bertz CT molecular complexity index is 704. The number of unbranched alkanes of at least 4 members (excludes halogenated alkanes) is 3. The molecule has 4 aliphatic rings. The average molecular weight is 587 g/mol. The van der Waals surface area contributed by atoms with Crippen molar-refractivity contribution in [2.45, 2.75) is 179 Å². The van der Waals surface area contributed by atoms with Gasteiger partial charge in [0.05, 0.1) is 6.10 Å². The van der Waals surface area contributed by atoms with E-state index < -0.39 is 30.8 Å². The maximum absolute atomic E-state index is 15.6. The molecular weight excluding hydrogens is 524 g/mol. The summed E-state index contributed by atoms with van der Waals surface area (Å²) in [5, 5.41) is 0. The number of rotatable bonds is 14. The van der Waals surface area contributed by atoms with Crippen LogP contribution in [0, 0.1) is 41.4 Å². The van der Waals surface area contributed by atoms with E-state index in [9.17, 15) is 8.78 Å². The highest BCUT2D eigenvalue weighted by Gasteiger charge is 2.47. The smallest absolute Gasteiger partial charge is 0.157 e. The van der Waals surface area contributed by atoms with Crippen molar-refractivity contribution >= 4 is 0 Å². The molecule has 4 fully saturated rings. The van der Waals surface area contributed by atoms with Crippen LogP contribution in [-0.4, -0.2) is 37.4 Å². The molecule has 0 N–H and O–H groups in total. The standard InChI is InChI=1S/C36H62F4O/c1-3-5-7-9-25-12-16-27(17-13-25)30-21-22-31(35(39)34(30)38)28-18-14-26(15-19-28)10-8-11-29-20-23-32(36(40)33(29)37)41-24-6-4-2/h25-36H,3-24H2,1-2H3. The van der Waals surface area contributed by atoms with Gasteiger partial charge in [0.15, 0.2) is 6.17 Å². The van der Waals surface area contributed by atoms with E-state index in [4.69, 9.17) is 4.74 Å². The molecule has 0 radical (unpaired) electrons. The maximum atomic E-state index is 15.6. The average Bonchev–Trinajstić information content (AvgIpc) is 2.99. The zero-order valence-electron chi connectivity index (χ0n) is 26.4. The first-order chi connectivity index (χ1) is 19.9. The molecule has 240 valence electrons. The number of hydrogen-bond acceptors (Lipinski definition) is 1. The van der Waals surface area contributed by atoms with Gasteiger partial charge in [0.25, 0.3) is 0 Å². The summed E-state index contributed by atoms with van der Waals surface area (Å²) in [6.07, 6.45) is 15.8. The van der Waals surface area contributed by atoms with Crippen molar-refractivity contribution in [3.63, 3.8) is 0 Å². The third-order valence-corrected chi connectivity index (χ3v) is 12.1. The van der Waals surface area contributed by atoms with E-state index in [1.807, 2.05) is 0 Å². The molecule has 0 aromatic carbocycles. The van der Waals surface area contributed by atoms with Crippen molar-refractivity contribution in [3.8, 4) is 0 Å². The summed E-state index contributed by atoms with van der Waals surface area (Å²) in [5.41, 5.74) is 0. The molecule has 0 aliphatic heterocycles. The van der Waals surface area contributed by atoms with Gasteiger partial charge in [-0.15, -0.1) is 0 Å². The summed E-state index contributed by atoms with van der Waals surface area (Å²) < 4.78 is 66.1. The minimum atomic E-state index is -1.49. The van der Waals surface area contributed by atoms with Gasteiger partial charge in [-0.25, -0.2) is 17.6 Å². The molecule has 0 heterocycles. The van der Waals surface area contributed by atoms with Crippen LogP contribution in [0.2, 0.25) is 0 Å². The lowest BCUT2D eigenvalue weighted by atomic mass is 9.63. The largest absolute Gasteiger partial charge is 0.375 e. The number of ether oxygens (including phenoxy) is 1. The summed E-state index contributed by atoms with van der Waals surface area (Å²) in [5.74, 6) is 1.77.